The Morgan fingerprint density at radius 1 is 1.32 bits per heavy atom. The van der Waals surface area contributed by atoms with E-state index in [1.165, 1.54) is 5.56 Å². The molecule has 1 aromatic rings. The number of carbonyl (C=O) groups is 1. The van der Waals surface area contributed by atoms with Gasteiger partial charge in [-0.25, -0.2) is 0 Å². The molecule has 2 aliphatic heterocycles. The van der Waals surface area contributed by atoms with Crippen LogP contribution < -0.4 is 5.32 Å². The van der Waals surface area contributed by atoms with Crippen molar-refractivity contribution >= 4 is 18.3 Å². The fourth-order valence-corrected chi connectivity index (χ4v) is 4.47. The van der Waals surface area contributed by atoms with Crippen LogP contribution in [0.3, 0.4) is 0 Å². The molecule has 0 bridgehead atoms. The van der Waals surface area contributed by atoms with E-state index in [4.69, 9.17) is 0 Å². The molecule has 1 aromatic heterocycles. The number of likely N-dealkylation sites (tertiary alicyclic amines) is 1. The van der Waals surface area contributed by atoms with Crippen molar-refractivity contribution < 1.29 is 4.79 Å². The molecule has 122 valence electrons. The van der Waals surface area contributed by atoms with Gasteiger partial charge in [0.25, 0.3) is 0 Å². The van der Waals surface area contributed by atoms with Crippen molar-refractivity contribution in [3.05, 3.63) is 18.0 Å². The Balaban J connectivity index is 0.00000144. The Kier molecular flexibility index (Phi) is 3.76. The summed E-state index contributed by atoms with van der Waals surface area (Å²) in [6, 6.07) is 0. The second kappa shape index (κ2) is 5.24. The van der Waals surface area contributed by atoms with E-state index < -0.39 is 0 Å². The zero-order valence-electron chi connectivity index (χ0n) is 13.5. The molecule has 3 aliphatic rings. The van der Waals surface area contributed by atoms with E-state index in [1.807, 2.05) is 24.1 Å². The number of aryl methyl sites for hydroxylation is 1. The summed E-state index contributed by atoms with van der Waals surface area (Å²) in [6.07, 6.45) is 3.95. The maximum atomic E-state index is 12.9. The van der Waals surface area contributed by atoms with E-state index in [1.54, 1.807) is 0 Å². The molecule has 0 spiro atoms. The van der Waals surface area contributed by atoms with Gasteiger partial charge in [-0.2, -0.15) is 5.10 Å². The van der Waals surface area contributed by atoms with Gasteiger partial charge in [0, 0.05) is 45.3 Å². The van der Waals surface area contributed by atoms with Crippen LogP contribution >= 0.6 is 12.4 Å². The number of fused-ring (bicyclic) bond motifs is 1. The van der Waals surface area contributed by atoms with Crippen molar-refractivity contribution in [1.82, 2.24) is 20.0 Å². The lowest BCUT2D eigenvalue weighted by molar-refractivity contribution is -0.135. The Hall–Kier alpha value is -1.07. The first-order valence-corrected chi connectivity index (χ1v) is 7.96. The molecule has 5 nitrogen and oxygen atoms in total. The summed E-state index contributed by atoms with van der Waals surface area (Å²) in [7, 11) is 1.93. The lowest BCUT2D eigenvalue weighted by atomic mass is 9.89. The molecule has 4 atom stereocenters. The van der Waals surface area contributed by atoms with Crippen LogP contribution in [0.25, 0.3) is 0 Å². The Labute approximate surface area is 137 Å². The highest BCUT2D eigenvalue weighted by atomic mass is 35.5. The van der Waals surface area contributed by atoms with Crippen LogP contribution in [0.1, 0.15) is 25.3 Å². The molecule has 2 saturated heterocycles. The quantitative estimate of drug-likeness (QED) is 0.891. The van der Waals surface area contributed by atoms with Gasteiger partial charge in [0.1, 0.15) is 0 Å². The lowest BCUT2D eigenvalue weighted by Gasteiger charge is -2.27. The molecule has 1 saturated carbocycles. The average Bonchev–Trinajstić information content (AvgIpc) is 3.01. The maximum Gasteiger partial charge on any atom is 0.227 e. The minimum Gasteiger partial charge on any atom is -0.342 e. The predicted molar refractivity (Wildman–Crippen MR) is 86.9 cm³/mol. The van der Waals surface area contributed by atoms with E-state index in [-0.39, 0.29) is 24.2 Å². The summed E-state index contributed by atoms with van der Waals surface area (Å²) in [6.45, 7) is 8.28. The summed E-state index contributed by atoms with van der Waals surface area (Å²) in [5, 5.41) is 7.64. The van der Waals surface area contributed by atoms with Crippen molar-refractivity contribution in [3.63, 3.8) is 0 Å². The summed E-state index contributed by atoms with van der Waals surface area (Å²) in [5.74, 6) is 2.16. The van der Waals surface area contributed by atoms with E-state index in [0.29, 0.717) is 11.3 Å². The van der Waals surface area contributed by atoms with Crippen LogP contribution in [0.4, 0.5) is 0 Å². The number of piperidine rings is 1. The molecule has 1 N–H and O–H groups in total. The second-order valence-corrected chi connectivity index (χ2v) is 7.60. The molecular weight excluding hydrogens is 300 g/mol. The number of hydrogen-bond donors (Lipinski definition) is 1. The number of carbonyl (C=O) groups excluding carboxylic acids is 1. The fraction of sp³-hybridized carbons (Fsp3) is 0.750. The fourth-order valence-electron chi connectivity index (χ4n) is 4.47. The van der Waals surface area contributed by atoms with Gasteiger partial charge in [-0.15, -0.1) is 12.4 Å². The third-order valence-electron chi connectivity index (χ3n) is 6.12. The van der Waals surface area contributed by atoms with E-state index >= 15 is 0 Å². The van der Waals surface area contributed by atoms with E-state index in [0.717, 1.165) is 38.0 Å². The third kappa shape index (κ3) is 2.26. The van der Waals surface area contributed by atoms with Gasteiger partial charge < -0.3 is 10.2 Å². The van der Waals surface area contributed by atoms with Gasteiger partial charge in [-0.3, -0.25) is 9.48 Å². The van der Waals surface area contributed by atoms with Crippen molar-refractivity contribution in [2.75, 3.05) is 26.2 Å². The highest BCUT2D eigenvalue weighted by molar-refractivity contribution is 5.85. The monoisotopic (exact) mass is 324 g/mol. The van der Waals surface area contributed by atoms with Gasteiger partial charge >= 0.3 is 0 Å². The van der Waals surface area contributed by atoms with E-state index in [9.17, 15) is 4.79 Å². The SMILES string of the molecule is Cl.Cn1cc([C@H]2CNC[C@@H]2C(=O)N2CC3C(C2)C3(C)C)cn1. The van der Waals surface area contributed by atoms with Crippen LogP contribution in [0.15, 0.2) is 12.4 Å². The Morgan fingerprint density at radius 3 is 2.59 bits per heavy atom. The molecule has 3 fully saturated rings. The summed E-state index contributed by atoms with van der Waals surface area (Å²) in [5.41, 5.74) is 1.65. The standard InChI is InChI=1S/C16H24N4O.ClH/c1-16(2)13-8-20(9-14(13)16)15(21)12-6-17-5-11(12)10-4-18-19(3)7-10;/h4,7,11-14,17H,5-6,8-9H2,1-3H3;1H/t11-,12+,13?,14?;/m1./s1. The van der Waals surface area contributed by atoms with Crippen LogP contribution in [0, 0.1) is 23.2 Å². The molecule has 3 heterocycles. The molecule has 2 unspecified atom stereocenters. The van der Waals surface area contributed by atoms with Gasteiger partial charge in [0.2, 0.25) is 5.91 Å². The third-order valence-corrected chi connectivity index (χ3v) is 6.12. The zero-order chi connectivity index (χ0) is 14.8. The smallest absolute Gasteiger partial charge is 0.227 e. The molecule has 0 radical (unpaired) electrons. The van der Waals surface area contributed by atoms with Crippen LogP contribution in [0.2, 0.25) is 0 Å². The molecule has 1 amide bonds. The minimum atomic E-state index is 0. The van der Waals surface area contributed by atoms with Crippen LogP contribution in [-0.2, 0) is 11.8 Å². The Bertz CT molecular complexity index is 570. The number of amides is 1. The van der Waals surface area contributed by atoms with Crippen LogP contribution in [0.5, 0.6) is 0 Å². The van der Waals surface area contributed by atoms with Gasteiger partial charge in [-0.1, -0.05) is 13.8 Å². The first-order valence-electron chi connectivity index (χ1n) is 7.96. The van der Waals surface area contributed by atoms with Crippen molar-refractivity contribution in [3.8, 4) is 0 Å². The molecule has 6 heteroatoms. The zero-order valence-corrected chi connectivity index (χ0v) is 14.3. The highest BCUT2D eigenvalue weighted by Gasteiger charge is 2.63. The molecule has 22 heavy (non-hydrogen) atoms. The number of nitrogens with one attached hydrogen (secondary N) is 1. The largest absolute Gasteiger partial charge is 0.342 e. The summed E-state index contributed by atoms with van der Waals surface area (Å²) >= 11 is 0. The van der Waals surface area contributed by atoms with Crippen molar-refractivity contribution in [2.24, 2.45) is 30.2 Å². The maximum absolute atomic E-state index is 12.9. The topological polar surface area (TPSA) is 50.2 Å². The number of nitrogens with zero attached hydrogens (tertiary/aromatic N) is 3. The summed E-state index contributed by atoms with van der Waals surface area (Å²) in [4.78, 5) is 15.0. The van der Waals surface area contributed by atoms with Crippen molar-refractivity contribution in [1.29, 1.82) is 0 Å². The van der Waals surface area contributed by atoms with Gasteiger partial charge in [0.15, 0.2) is 0 Å². The van der Waals surface area contributed by atoms with Gasteiger partial charge in [-0.05, 0) is 22.8 Å². The normalized spacial score (nSPS) is 35.1. The lowest BCUT2D eigenvalue weighted by Crippen LogP contribution is -2.39. The average molecular weight is 325 g/mol. The van der Waals surface area contributed by atoms with Crippen LogP contribution in [-0.4, -0.2) is 46.8 Å². The highest BCUT2D eigenvalue weighted by Crippen LogP contribution is 2.62. The Morgan fingerprint density at radius 2 is 2.00 bits per heavy atom. The molecule has 1 aliphatic carbocycles. The molecule has 0 aromatic carbocycles. The number of hydrogen-bond acceptors (Lipinski definition) is 3. The van der Waals surface area contributed by atoms with Gasteiger partial charge in [0.05, 0.1) is 12.1 Å². The number of aromatic nitrogens is 2. The molecule has 4 rings (SSSR count). The first kappa shape index (κ1) is 15.8. The van der Waals surface area contributed by atoms with Crippen molar-refractivity contribution in [2.45, 2.75) is 19.8 Å². The number of rotatable bonds is 2. The van der Waals surface area contributed by atoms with E-state index in [2.05, 4.69) is 29.2 Å². The summed E-state index contributed by atoms with van der Waals surface area (Å²) < 4.78 is 1.82. The first-order chi connectivity index (χ1) is 9.98. The molecular formula is C16H25ClN4O. The second-order valence-electron chi connectivity index (χ2n) is 7.60. The number of halogens is 1. The minimum absolute atomic E-state index is 0. The predicted octanol–water partition coefficient (Wildman–Crippen LogP) is 1.26.